The van der Waals surface area contributed by atoms with Crippen LogP contribution in [0.4, 0.5) is 5.82 Å². The number of hydrogen-bond acceptors (Lipinski definition) is 7. The molecule has 48 heavy (non-hydrogen) atoms. The minimum atomic E-state index is -0.922. The quantitative estimate of drug-likeness (QED) is 0.122. The molecule has 6 atom stereocenters. The van der Waals surface area contributed by atoms with Crippen molar-refractivity contribution in [2.45, 2.75) is 56.2 Å². The van der Waals surface area contributed by atoms with Gasteiger partial charge in [-0.1, -0.05) is 103 Å². The number of carbonyl (C=O) groups excluding carboxylic acids is 2. The van der Waals surface area contributed by atoms with Gasteiger partial charge in [0.25, 0.3) is 0 Å². The van der Waals surface area contributed by atoms with E-state index in [2.05, 4.69) is 10.3 Å². The number of anilines is 1. The Hall–Kier alpha value is -4.98. The van der Waals surface area contributed by atoms with Crippen molar-refractivity contribution in [1.82, 2.24) is 9.97 Å². The average Bonchev–Trinajstić information content (AvgIpc) is 3.63. The molecule has 7 heteroatoms. The van der Waals surface area contributed by atoms with Gasteiger partial charge in [-0.3, -0.25) is 14.6 Å². The van der Waals surface area contributed by atoms with Gasteiger partial charge in [0.1, 0.15) is 11.6 Å². The van der Waals surface area contributed by atoms with Crippen LogP contribution in [0.5, 0.6) is 0 Å². The molecule has 0 spiro atoms. The zero-order chi connectivity index (χ0) is 33.3. The summed E-state index contributed by atoms with van der Waals surface area (Å²) < 4.78 is 0. The maximum absolute atomic E-state index is 14.2. The molecule has 0 amide bonds. The number of carbonyl (C=O) groups is 2. The summed E-state index contributed by atoms with van der Waals surface area (Å²) in [5, 5.41) is 15.6. The Bertz CT molecular complexity index is 1770. The van der Waals surface area contributed by atoms with Gasteiger partial charge in [-0.2, -0.15) is 0 Å². The van der Waals surface area contributed by atoms with Crippen molar-refractivity contribution < 1.29 is 14.7 Å². The minimum absolute atomic E-state index is 0.0288. The molecule has 0 bridgehead atoms. The molecule has 1 saturated carbocycles. The van der Waals surface area contributed by atoms with Crippen molar-refractivity contribution in [1.29, 1.82) is 0 Å². The molecule has 5 aromatic rings. The number of aliphatic hydroxyl groups excluding tert-OH is 1. The summed E-state index contributed by atoms with van der Waals surface area (Å²) in [5.41, 5.74) is 10.6. The van der Waals surface area contributed by atoms with Crippen LogP contribution in [0.1, 0.15) is 65.3 Å². The molecule has 7 nitrogen and oxygen atoms in total. The molecule has 1 aliphatic carbocycles. The molecular weight excluding hydrogens is 596 g/mol. The van der Waals surface area contributed by atoms with Crippen molar-refractivity contribution in [3.63, 3.8) is 0 Å². The van der Waals surface area contributed by atoms with Crippen molar-refractivity contribution in [3.8, 4) is 0 Å². The van der Waals surface area contributed by atoms with E-state index in [9.17, 15) is 14.7 Å². The maximum Gasteiger partial charge on any atom is 0.153 e. The highest BCUT2D eigenvalue weighted by molar-refractivity contribution is 5.94. The summed E-state index contributed by atoms with van der Waals surface area (Å²) in [4.78, 5) is 37.0. The lowest BCUT2D eigenvalue weighted by Gasteiger charge is -2.33. The predicted molar refractivity (Wildman–Crippen MR) is 188 cm³/mol. The largest absolute Gasteiger partial charge is 0.388 e. The van der Waals surface area contributed by atoms with Crippen LogP contribution in [-0.4, -0.2) is 32.7 Å². The molecule has 244 valence electrons. The Labute approximate surface area is 282 Å². The second-order valence-electron chi connectivity index (χ2n) is 12.7. The monoisotopic (exact) mass is 638 g/mol. The summed E-state index contributed by atoms with van der Waals surface area (Å²) in [6.07, 6.45) is 5.32. The fourth-order valence-corrected chi connectivity index (χ4v) is 7.16. The molecule has 0 saturated heterocycles. The summed E-state index contributed by atoms with van der Waals surface area (Å²) in [7, 11) is 0. The number of nitrogens with zero attached hydrogens (tertiary/aromatic N) is 2. The van der Waals surface area contributed by atoms with Crippen LogP contribution >= 0.6 is 0 Å². The average molecular weight is 639 g/mol. The second kappa shape index (κ2) is 15.7. The number of nitrogens with one attached hydrogen (secondary N) is 1. The van der Waals surface area contributed by atoms with E-state index in [4.69, 9.17) is 10.7 Å². The van der Waals surface area contributed by atoms with Gasteiger partial charge in [-0.05, 0) is 65.8 Å². The number of aromatic nitrogens is 2. The number of ketones is 2. The standard InChI is InChI=1S/C41H42N4O3/c42-34(26-28-14-3-1-4-15-28)41(48)33-21-13-20-32(33)36(46)27-30-18-7-8-19-31(30)39(45-37-23-10-12-25-44-37)38(35-22-9-11-24-43-35)40(47)29-16-5-2-6-17-29/h1-12,14-19,22-25,32-34,38-40,47H,13,20-21,26-27,42H2,(H,44,45). The third-order valence-electron chi connectivity index (χ3n) is 9.55. The Kier molecular flexibility index (Phi) is 10.8. The Morgan fingerprint density at radius 1 is 0.771 bits per heavy atom. The predicted octanol–water partition coefficient (Wildman–Crippen LogP) is 6.81. The summed E-state index contributed by atoms with van der Waals surface area (Å²) in [6.45, 7) is 0. The van der Waals surface area contributed by atoms with E-state index in [-0.39, 0.29) is 29.8 Å². The molecule has 4 N–H and O–H groups in total. The zero-order valence-corrected chi connectivity index (χ0v) is 26.9. The highest BCUT2D eigenvalue weighted by Crippen LogP contribution is 2.43. The molecule has 6 unspecified atom stereocenters. The van der Waals surface area contributed by atoms with Gasteiger partial charge in [0, 0.05) is 36.3 Å². The number of pyridine rings is 2. The zero-order valence-electron chi connectivity index (χ0n) is 26.9. The van der Waals surface area contributed by atoms with E-state index in [0.29, 0.717) is 30.8 Å². The first-order valence-corrected chi connectivity index (χ1v) is 16.7. The van der Waals surface area contributed by atoms with Crippen molar-refractivity contribution >= 4 is 17.4 Å². The van der Waals surface area contributed by atoms with Crippen LogP contribution < -0.4 is 11.1 Å². The number of rotatable bonds is 14. The van der Waals surface area contributed by atoms with Gasteiger partial charge in [0.05, 0.1) is 24.1 Å². The van der Waals surface area contributed by atoms with Gasteiger partial charge < -0.3 is 16.2 Å². The highest BCUT2D eigenvalue weighted by atomic mass is 16.3. The topological polar surface area (TPSA) is 118 Å². The number of nitrogens with two attached hydrogens (primary N) is 1. The molecule has 0 aliphatic heterocycles. The molecule has 6 rings (SSSR count). The molecular formula is C41H42N4O3. The first-order chi connectivity index (χ1) is 23.5. The molecule has 0 radical (unpaired) electrons. The highest BCUT2D eigenvalue weighted by Gasteiger charge is 2.40. The van der Waals surface area contributed by atoms with E-state index in [1.807, 2.05) is 121 Å². The minimum Gasteiger partial charge on any atom is -0.388 e. The number of hydrogen-bond donors (Lipinski definition) is 3. The van der Waals surface area contributed by atoms with Crippen LogP contribution in [0.3, 0.4) is 0 Å². The fourth-order valence-electron chi connectivity index (χ4n) is 7.16. The third-order valence-corrected chi connectivity index (χ3v) is 9.55. The van der Waals surface area contributed by atoms with Crippen molar-refractivity contribution in [3.05, 3.63) is 162 Å². The molecule has 2 heterocycles. The van der Waals surface area contributed by atoms with Gasteiger partial charge in [-0.15, -0.1) is 0 Å². The lowest BCUT2D eigenvalue weighted by molar-refractivity contribution is -0.131. The van der Waals surface area contributed by atoms with Crippen LogP contribution in [-0.2, 0) is 22.4 Å². The van der Waals surface area contributed by atoms with Crippen LogP contribution in [0.15, 0.2) is 134 Å². The van der Waals surface area contributed by atoms with Crippen LogP contribution in [0.2, 0.25) is 0 Å². The molecule has 1 fully saturated rings. The van der Waals surface area contributed by atoms with Gasteiger partial charge in [0.15, 0.2) is 5.78 Å². The van der Waals surface area contributed by atoms with Crippen molar-refractivity contribution in [2.24, 2.45) is 17.6 Å². The smallest absolute Gasteiger partial charge is 0.153 e. The summed E-state index contributed by atoms with van der Waals surface area (Å²) >= 11 is 0. The van der Waals surface area contributed by atoms with Gasteiger partial charge >= 0.3 is 0 Å². The lowest BCUT2D eigenvalue weighted by Crippen LogP contribution is -2.40. The number of aliphatic hydroxyl groups is 1. The van der Waals surface area contributed by atoms with E-state index in [1.165, 1.54) is 0 Å². The first-order valence-electron chi connectivity index (χ1n) is 16.7. The Morgan fingerprint density at radius 3 is 2.12 bits per heavy atom. The number of benzene rings is 3. The Balaban J connectivity index is 1.32. The van der Waals surface area contributed by atoms with Crippen LogP contribution in [0, 0.1) is 11.8 Å². The summed E-state index contributed by atoms with van der Waals surface area (Å²) in [5.74, 6) is -0.649. The van der Waals surface area contributed by atoms with Crippen molar-refractivity contribution in [2.75, 3.05) is 5.32 Å². The lowest BCUT2D eigenvalue weighted by atomic mass is 9.79. The molecule has 2 aromatic heterocycles. The van der Waals surface area contributed by atoms with Crippen LogP contribution in [0.25, 0.3) is 0 Å². The first kappa shape index (κ1) is 32.9. The van der Waals surface area contributed by atoms with E-state index >= 15 is 0 Å². The number of Topliss-reactive ketones (excluding diaryl/α,β-unsaturated/α-hetero) is 2. The van der Waals surface area contributed by atoms with E-state index < -0.39 is 24.1 Å². The maximum atomic E-state index is 14.2. The third kappa shape index (κ3) is 7.76. The van der Waals surface area contributed by atoms with E-state index in [1.54, 1.807) is 12.4 Å². The van der Waals surface area contributed by atoms with Gasteiger partial charge in [0.2, 0.25) is 0 Å². The second-order valence-corrected chi connectivity index (χ2v) is 12.7. The van der Waals surface area contributed by atoms with E-state index in [0.717, 1.165) is 28.7 Å². The van der Waals surface area contributed by atoms with Gasteiger partial charge in [-0.25, -0.2) is 4.98 Å². The Morgan fingerprint density at radius 2 is 1.42 bits per heavy atom. The SMILES string of the molecule is NC(Cc1ccccc1)C(=O)C1CCCC1C(=O)Cc1ccccc1C(Nc1ccccn1)C(c1ccccn1)C(O)c1ccccc1. The molecule has 1 aliphatic rings. The summed E-state index contributed by atoms with van der Waals surface area (Å²) in [6, 6.07) is 37.4. The normalized spacial score (nSPS) is 18.4. The fraction of sp³-hybridized carbons (Fsp3) is 0.268. The molecule has 3 aromatic carbocycles.